The molecule has 0 saturated heterocycles. The molecule has 1 heteroatoms. The molecule has 30 heavy (non-hydrogen) atoms. The first kappa shape index (κ1) is 21.5. The molecule has 5 aliphatic carbocycles. The third-order valence-electron chi connectivity index (χ3n) is 12.5. The summed E-state index contributed by atoms with van der Waals surface area (Å²) < 4.78 is 0. The van der Waals surface area contributed by atoms with Crippen LogP contribution in [0.1, 0.15) is 106 Å². The Hall–Kier alpha value is -0.300. The molecular formula is C29H48O. The second kappa shape index (κ2) is 6.61. The number of hydrogen-bond donors (Lipinski definition) is 1. The van der Waals surface area contributed by atoms with E-state index in [1.807, 2.05) is 5.57 Å². The Morgan fingerprint density at radius 1 is 0.833 bits per heavy atom. The highest BCUT2D eigenvalue weighted by Crippen LogP contribution is 2.72. The van der Waals surface area contributed by atoms with Crippen molar-refractivity contribution < 1.29 is 5.11 Å². The number of allylic oxidation sites excluding steroid dienone is 2. The summed E-state index contributed by atoms with van der Waals surface area (Å²) in [5.41, 5.74) is 3.30. The van der Waals surface area contributed by atoms with Crippen molar-refractivity contribution in [2.45, 2.75) is 112 Å². The molecule has 1 nitrogen and oxygen atoms in total. The van der Waals surface area contributed by atoms with Gasteiger partial charge in [-0.2, -0.15) is 0 Å². The largest absolute Gasteiger partial charge is 0.393 e. The molecule has 4 fully saturated rings. The van der Waals surface area contributed by atoms with Crippen LogP contribution in [0.5, 0.6) is 0 Å². The highest BCUT2D eigenvalue weighted by atomic mass is 16.3. The second-order valence-corrected chi connectivity index (χ2v) is 14.0. The van der Waals surface area contributed by atoms with E-state index in [0.29, 0.717) is 22.2 Å². The first-order chi connectivity index (χ1) is 14.0. The van der Waals surface area contributed by atoms with Gasteiger partial charge in [0.2, 0.25) is 0 Å². The van der Waals surface area contributed by atoms with Gasteiger partial charge in [-0.25, -0.2) is 0 Å². The quantitative estimate of drug-likeness (QED) is 0.439. The van der Waals surface area contributed by atoms with Gasteiger partial charge in [-0.1, -0.05) is 60.1 Å². The van der Waals surface area contributed by atoms with E-state index in [0.717, 1.165) is 36.0 Å². The fourth-order valence-electron chi connectivity index (χ4n) is 10.7. The third-order valence-corrected chi connectivity index (χ3v) is 12.5. The Bertz CT molecular complexity index is 733. The van der Waals surface area contributed by atoms with Crippen LogP contribution in [0.15, 0.2) is 11.6 Å². The summed E-state index contributed by atoms with van der Waals surface area (Å²) in [6.45, 7) is 17.6. The van der Waals surface area contributed by atoms with Gasteiger partial charge in [-0.15, -0.1) is 0 Å². The summed E-state index contributed by atoms with van der Waals surface area (Å²) in [6.07, 6.45) is 14.7. The van der Waals surface area contributed by atoms with Crippen LogP contribution in [-0.4, -0.2) is 11.2 Å². The molecule has 5 aliphatic rings. The molecule has 0 aromatic carbocycles. The first-order valence-corrected chi connectivity index (χ1v) is 13.3. The van der Waals surface area contributed by atoms with Crippen LogP contribution < -0.4 is 0 Å². The van der Waals surface area contributed by atoms with Crippen LogP contribution >= 0.6 is 0 Å². The number of fused-ring (bicyclic) bond motifs is 7. The lowest BCUT2D eigenvalue weighted by Gasteiger charge is -2.65. The van der Waals surface area contributed by atoms with Gasteiger partial charge >= 0.3 is 0 Å². The minimum Gasteiger partial charge on any atom is -0.393 e. The smallest absolute Gasteiger partial charge is 0.0594 e. The molecule has 0 aromatic rings. The fraction of sp³-hybridized carbons (Fsp3) is 0.931. The predicted molar refractivity (Wildman–Crippen MR) is 126 cm³/mol. The van der Waals surface area contributed by atoms with Crippen LogP contribution in [0, 0.1) is 57.2 Å². The van der Waals surface area contributed by atoms with E-state index in [-0.39, 0.29) is 11.5 Å². The van der Waals surface area contributed by atoms with E-state index in [1.165, 1.54) is 51.4 Å². The summed E-state index contributed by atoms with van der Waals surface area (Å²) in [4.78, 5) is 0. The van der Waals surface area contributed by atoms with Gasteiger partial charge in [0.15, 0.2) is 0 Å². The standard InChI is InChI=1S/C29H48O/c1-18(2)19-8-9-20-21-10-11-23-22(28(21,6)17-16-27(19,20)5)12-13-24-26(3,4)25(30)14-15-29(23,24)7/h11,18-22,24-25,30H,8-10,12-17H2,1-7H3/t19-,20+,21-,22+,24-,25-,27-,28+,29+/m0/s1. The molecule has 4 saturated carbocycles. The van der Waals surface area contributed by atoms with Gasteiger partial charge in [-0.3, -0.25) is 0 Å². The molecule has 0 spiro atoms. The molecule has 0 unspecified atom stereocenters. The van der Waals surface area contributed by atoms with E-state index >= 15 is 0 Å². The monoisotopic (exact) mass is 412 g/mol. The molecular weight excluding hydrogens is 364 g/mol. The average molecular weight is 413 g/mol. The van der Waals surface area contributed by atoms with E-state index in [4.69, 9.17) is 0 Å². The summed E-state index contributed by atoms with van der Waals surface area (Å²) in [5, 5.41) is 10.8. The maximum Gasteiger partial charge on any atom is 0.0594 e. The van der Waals surface area contributed by atoms with Gasteiger partial charge in [0, 0.05) is 0 Å². The topological polar surface area (TPSA) is 20.2 Å². The lowest BCUT2D eigenvalue weighted by atomic mass is 9.39. The van der Waals surface area contributed by atoms with E-state index in [2.05, 4.69) is 54.5 Å². The summed E-state index contributed by atoms with van der Waals surface area (Å²) in [6, 6.07) is 0. The van der Waals surface area contributed by atoms with Crippen molar-refractivity contribution in [3.63, 3.8) is 0 Å². The maximum absolute atomic E-state index is 10.8. The Morgan fingerprint density at radius 2 is 1.53 bits per heavy atom. The second-order valence-electron chi connectivity index (χ2n) is 14.0. The van der Waals surface area contributed by atoms with Crippen molar-refractivity contribution in [1.29, 1.82) is 0 Å². The molecule has 0 radical (unpaired) electrons. The molecule has 9 atom stereocenters. The Kier molecular flexibility index (Phi) is 4.75. The predicted octanol–water partition coefficient (Wildman–Crippen LogP) is 7.63. The zero-order valence-electron chi connectivity index (χ0n) is 20.9. The van der Waals surface area contributed by atoms with Crippen LogP contribution in [0.3, 0.4) is 0 Å². The Morgan fingerprint density at radius 3 is 2.23 bits per heavy atom. The van der Waals surface area contributed by atoms with Gasteiger partial charge in [0.05, 0.1) is 6.10 Å². The normalized spacial score (nSPS) is 54.6. The third kappa shape index (κ3) is 2.57. The van der Waals surface area contributed by atoms with Crippen molar-refractivity contribution in [3.05, 3.63) is 11.6 Å². The van der Waals surface area contributed by atoms with E-state index < -0.39 is 0 Å². The summed E-state index contributed by atoms with van der Waals surface area (Å²) in [5.74, 6) is 5.05. The summed E-state index contributed by atoms with van der Waals surface area (Å²) >= 11 is 0. The molecule has 5 rings (SSSR count). The molecule has 0 amide bonds. The number of aliphatic hydroxyl groups excluding tert-OH is 1. The van der Waals surface area contributed by atoms with Crippen LogP contribution in [0.2, 0.25) is 0 Å². The molecule has 0 bridgehead atoms. The summed E-state index contributed by atoms with van der Waals surface area (Å²) in [7, 11) is 0. The number of rotatable bonds is 1. The van der Waals surface area contributed by atoms with E-state index in [1.54, 1.807) is 0 Å². The molecule has 0 aliphatic heterocycles. The lowest BCUT2D eigenvalue weighted by Crippen LogP contribution is -2.58. The molecule has 0 aromatic heterocycles. The van der Waals surface area contributed by atoms with Crippen molar-refractivity contribution in [2.75, 3.05) is 0 Å². The van der Waals surface area contributed by atoms with Crippen LogP contribution in [0.25, 0.3) is 0 Å². The molecule has 170 valence electrons. The van der Waals surface area contributed by atoms with Crippen molar-refractivity contribution in [2.24, 2.45) is 57.2 Å². The highest BCUT2D eigenvalue weighted by Gasteiger charge is 2.64. The fourth-order valence-corrected chi connectivity index (χ4v) is 10.7. The molecule has 0 heterocycles. The lowest BCUT2D eigenvalue weighted by molar-refractivity contribution is -0.129. The minimum atomic E-state index is -0.124. The van der Waals surface area contributed by atoms with Crippen LogP contribution in [-0.2, 0) is 0 Å². The maximum atomic E-state index is 10.8. The average Bonchev–Trinajstić information content (AvgIpc) is 3.03. The SMILES string of the molecule is CC(C)[C@@H]1CC[C@@H]2[C@@H]3CC=C4[C@@H](CC[C@H]5C(C)(C)[C@@H](O)CC[C@]45C)[C@]3(C)CC[C@]21C. The van der Waals surface area contributed by atoms with Gasteiger partial charge in [0.1, 0.15) is 0 Å². The molecule has 1 N–H and O–H groups in total. The van der Waals surface area contributed by atoms with Gasteiger partial charge in [0.25, 0.3) is 0 Å². The zero-order valence-corrected chi connectivity index (χ0v) is 20.9. The van der Waals surface area contributed by atoms with Crippen molar-refractivity contribution in [3.8, 4) is 0 Å². The highest BCUT2D eigenvalue weighted by molar-refractivity contribution is 5.31. The Labute approximate surface area is 186 Å². The Balaban J connectivity index is 1.51. The van der Waals surface area contributed by atoms with Gasteiger partial charge in [-0.05, 0) is 115 Å². The minimum absolute atomic E-state index is 0.0532. The van der Waals surface area contributed by atoms with E-state index in [9.17, 15) is 5.11 Å². The first-order valence-electron chi connectivity index (χ1n) is 13.3. The van der Waals surface area contributed by atoms with Crippen LogP contribution in [0.4, 0.5) is 0 Å². The van der Waals surface area contributed by atoms with Crippen molar-refractivity contribution in [1.82, 2.24) is 0 Å². The number of hydrogen-bond acceptors (Lipinski definition) is 1. The van der Waals surface area contributed by atoms with Crippen molar-refractivity contribution >= 4 is 0 Å². The zero-order chi connectivity index (χ0) is 21.7. The number of aliphatic hydroxyl groups is 1. The van der Waals surface area contributed by atoms with Gasteiger partial charge < -0.3 is 5.11 Å².